The summed E-state index contributed by atoms with van der Waals surface area (Å²) < 4.78 is 41.0. The summed E-state index contributed by atoms with van der Waals surface area (Å²) in [6.07, 6.45) is 5.16. The minimum Gasteiger partial charge on any atom is -0.469 e. The third-order valence-corrected chi connectivity index (χ3v) is 7.27. The topological polar surface area (TPSA) is 112 Å². The van der Waals surface area contributed by atoms with E-state index in [4.69, 9.17) is 24.2 Å². The molecule has 4 rings (SSSR count). The number of nitrogens with one attached hydrogen (secondary N) is 1. The van der Waals surface area contributed by atoms with Gasteiger partial charge in [-0.05, 0) is 42.9 Å². The molecule has 12 heteroatoms. The largest absolute Gasteiger partial charge is 0.469 e. The molecule has 1 atom stereocenters. The van der Waals surface area contributed by atoms with Crippen molar-refractivity contribution in [3.8, 4) is 11.6 Å². The van der Waals surface area contributed by atoms with E-state index in [1.54, 1.807) is 35.1 Å². The van der Waals surface area contributed by atoms with E-state index in [9.17, 15) is 13.2 Å². The Kier molecular flexibility index (Phi) is 7.25. The van der Waals surface area contributed by atoms with Gasteiger partial charge in [-0.15, -0.1) is 0 Å². The Morgan fingerprint density at radius 1 is 1.32 bits per heavy atom. The molecular formula is C22H22BClN4O5S. The Balaban J connectivity index is 1.51. The molecule has 0 bridgehead atoms. The SMILES string of the molecule is [B]c1cc(S(=O)(=O)N[C@@H]2CCCc3c2cnn3CCC(=O)OC)cnc1Oc1ccccc1Cl. The van der Waals surface area contributed by atoms with E-state index in [-0.39, 0.29) is 28.6 Å². The van der Waals surface area contributed by atoms with Gasteiger partial charge in [0.25, 0.3) is 0 Å². The summed E-state index contributed by atoms with van der Waals surface area (Å²) in [7, 11) is 3.43. The van der Waals surface area contributed by atoms with Gasteiger partial charge in [0, 0.05) is 11.3 Å². The van der Waals surface area contributed by atoms with Crippen LogP contribution in [0.2, 0.25) is 5.02 Å². The molecule has 1 aliphatic carbocycles. The van der Waals surface area contributed by atoms with E-state index in [0.717, 1.165) is 24.1 Å². The summed E-state index contributed by atoms with van der Waals surface area (Å²) in [5, 5.41) is 4.72. The zero-order valence-corrected chi connectivity index (χ0v) is 20.0. The van der Waals surface area contributed by atoms with Gasteiger partial charge in [0.05, 0.1) is 48.4 Å². The summed E-state index contributed by atoms with van der Waals surface area (Å²) in [5.41, 5.74) is 1.76. The number of nitrogens with zero attached hydrogens (tertiary/aromatic N) is 3. The van der Waals surface area contributed by atoms with Crippen molar-refractivity contribution in [1.82, 2.24) is 19.5 Å². The number of para-hydroxylation sites is 1. The van der Waals surface area contributed by atoms with Crippen LogP contribution in [0.5, 0.6) is 11.6 Å². The molecule has 1 aromatic carbocycles. The second-order valence-electron chi connectivity index (χ2n) is 7.76. The van der Waals surface area contributed by atoms with Gasteiger partial charge in [-0.1, -0.05) is 23.7 Å². The second-order valence-corrected chi connectivity index (χ2v) is 9.88. The molecule has 0 spiro atoms. The molecule has 9 nitrogen and oxygen atoms in total. The maximum atomic E-state index is 13.1. The van der Waals surface area contributed by atoms with Crippen LogP contribution in [0.25, 0.3) is 0 Å². The summed E-state index contributed by atoms with van der Waals surface area (Å²) >= 11 is 6.10. The minimum atomic E-state index is -3.93. The molecule has 0 amide bonds. The number of carbonyl (C=O) groups excluding carboxylic acids is 1. The molecule has 0 unspecified atom stereocenters. The molecular weight excluding hydrogens is 479 g/mol. The highest BCUT2D eigenvalue weighted by Gasteiger charge is 2.29. The number of pyridine rings is 1. The molecule has 0 aliphatic heterocycles. The molecule has 34 heavy (non-hydrogen) atoms. The van der Waals surface area contributed by atoms with Crippen molar-refractivity contribution >= 4 is 40.9 Å². The van der Waals surface area contributed by atoms with E-state index >= 15 is 0 Å². The van der Waals surface area contributed by atoms with Crippen LogP contribution in [0.1, 0.15) is 36.6 Å². The van der Waals surface area contributed by atoms with E-state index in [0.29, 0.717) is 23.7 Å². The van der Waals surface area contributed by atoms with Crippen LogP contribution in [-0.4, -0.2) is 44.1 Å². The fraction of sp³-hybridized carbons (Fsp3) is 0.318. The number of aryl methyl sites for hydroxylation is 1. The van der Waals surface area contributed by atoms with Crippen molar-refractivity contribution in [1.29, 1.82) is 0 Å². The number of aromatic nitrogens is 3. The van der Waals surface area contributed by atoms with E-state index < -0.39 is 16.1 Å². The first-order chi connectivity index (χ1) is 16.3. The summed E-state index contributed by atoms with van der Waals surface area (Å²) in [5.74, 6) is 0.0827. The number of hydrogen-bond donors (Lipinski definition) is 1. The van der Waals surface area contributed by atoms with Gasteiger partial charge in [-0.25, -0.2) is 18.1 Å². The van der Waals surface area contributed by atoms with Crippen molar-refractivity contribution in [2.75, 3.05) is 7.11 Å². The van der Waals surface area contributed by atoms with E-state index in [1.807, 2.05) is 0 Å². The Bertz CT molecular complexity index is 1310. The van der Waals surface area contributed by atoms with Crippen LogP contribution in [0.3, 0.4) is 0 Å². The number of ether oxygens (including phenoxy) is 2. The summed E-state index contributed by atoms with van der Waals surface area (Å²) in [6.45, 7) is 0.370. The number of hydrogen-bond acceptors (Lipinski definition) is 7. The molecule has 0 fully saturated rings. The summed E-state index contributed by atoms with van der Waals surface area (Å²) in [6, 6.07) is 7.66. The summed E-state index contributed by atoms with van der Waals surface area (Å²) in [4.78, 5) is 15.5. The van der Waals surface area contributed by atoms with Crippen molar-refractivity contribution < 1.29 is 22.7 Å². The third kappa shape index (κ3) is 5.26. The number of esters is 1. The highest BCUT2D eigenvalue weighted by atomic mass is 35.5. The molecule has 3 aromatic rings. The maximum absolute atomic E-state index is 13.1. The fourth-order valence-corrected chi connectivity index (χ4v) is 5.20. The zero-order chi connectivity index (χ0) is 24.3. The van der Waals surface area contributed by atoms with Crippen molar-refractivity contribution in [2.24, 2.45) is 0 Å². The Labute approximate surface area is 203 Å². The van der Waals surface area contributed by atoms with Gasteiger partial charge in [-0.2, -0.15) is 5.10 Å². The van der Waals surface area contributed by atoms with Gasteiger partial charge >= 0.3 is 5.97 Å². The van der Waals surface area contributed by atoms with Crippen molar-refractivity contribution in [2.45, 2.75) is 43.2 Å². The minimum absolute atomic E-state index is 0.0545. The standard InChI is InChI=1S/C22H22BClN4O5S/c1-32-21(29)9-10-28-19-7-4-6-18(15(19)13-26-28)27-34(30,31)14-11-16(23)22(25-12-14)33-20-8-3-2-5-17(20)24/h2-3,5,8,11-13,18,27H,4,6-7,9-10H2,1H3/t18-/m1/s1. The highest BCUT2D eigenvalue weighted by molar-refractivity contribution is 7.89. The number of rotatable bonds is 8. The van der Waals surface area contributed by atoms with Crippen LogP contribution in [0.4, 0.5) is 0 Å². The average molecular weight is 501 g/mol. The van der Waals surface area contributed by atoms with Crippen LogP contribution < -0.4 is 14.9 Å². The second kappa shape index (κ2) is 10.2. The average Bonchev–Trinajstić information content (AvgIpc) is 3.24. The van der Waals surface area contributed by atoms with Gasteiger partial charge in [0.15, 0.2) is 0 Å². The fourth-order valence-electron chi connectivity index (χ4n) is 3.80. The van der Waals surface area contributed by atoms with Gasteiger partial charge < -0.3 is 9.47 Å². The molecule has 1 N–H and O–H groups in total. The molecule has 0 saturated carbocycles. The number of sulfonamides is 1. The first-order valence-electron chi connectivity index (χ1n) is 10.6. The number of halogens is 1. The lowest BCUT2D eigenvalue weighted by atomic mass is 9.94. The Hall–Kier alpha value is -2.89. The van der Waals surface area contributed by atoms with E-state index in [2.05, 4.69) is 19.5 Å². The quantitative estimate of drug-likeness (QED) is 0.373. The lowest BCUT2D eigenvalue weighted by Crippen LogP contribution is -2.32. The third-order valence-electron chi connectivity index (χ3n) is 5.52. The lowest BCUT2D eigenvalue weighted by Gasteiger charge is -2.24. The molecule has 2 heterocycles. The molecule has 0 saturated heterocycles. The zero-order valence-electron chi connectivity index (χ0n) is 18.4. The van der Waals surface area contributed by atoms with Crippen LogP contribution >= 0.6 is 11.6 Å². The highest BCUT2D eigenvalue weighted by Crippen LogP contribution is 2.31. The number of methoxy groups -OCH3 is 1. The van der Waals surface area contributed by atoms with Gasteiger partial charge in [0.1, 0.15) is 13.6 Å². The lowest BCUT2D eigenvalue weighted by molar-refractivity contribution is -0.140. The maximum Gasteiger partial charge on any atom is 0.307 e. The molecule has 2 radical (unpaired) electrons. The van der Waals surface area contributed by atoms with Crippen molar-refractivity contribution in [3.05, 3.63) is 59.0 Å². The van der Waals surface area contributed by atoms with E-state index in [1.165, 1.54) is 19.4 Å². The van der Waals surface area contributed by atoms with Gasteiger partial charge in [0.2, 0.25) is 15.9 Å². The molecule has 176 valence electrons. The monoisotopic (exact) mass is 500 g/mol. The number of benzene rings is 1. The first kappa shape index (κ1) is 24.2. The van der Waals surface area contributed by atoms with Crippen molar-refractivity contribution in [3.63, 3.8) is 0 Å². The number of fused-ring (bicyclic) bond motifs is 1. The first-order valence-corrected chi connectivity index (χ1v) is 12.5. The van der Waals surface area contributed by atoms with Gasteiger partial charge in [-0.3, -0.25) is 9.48 Å². The molecule has 1 aliphatic rings. The van der Waals surface area contributed by atoms with Crippen LogP contribution in [0, 0.1) is 0 Å². The predicted octanol–water partition coefficient (Wildman–Crippen LogP) is 2.44. The normalized spacial score (nSPS) is 15.5. The Morgan fingerprint density at radius 2 is 2.12 bits per heavy atom. The number of carbonyl (C=O) groups is 1. The smallest absolute Gasteiger partial charge is 0.307 e. The molecule has 2 aromatic heterocycles. The predicted molar refractivity (Wildman–Crippen MR) is 126 cm³/mol. The Morgan fingerprint density at radius 3 is 2.85 bits per heavy atom. The van der Waals surface area contributed by atoms with Crippen LogP contribution in [-0.2, 0) is 32.5 Å². The van der Waals surface area contributed by atoms with Crippen LogP contribution in [0.15, 0.2) is 47.6 Å².